The van der Waals surface area contributed by atoms with E-state index in [0.717, 1.165) is 11.2 Å². The molecule has 0 fully saturated rings. The van der Waals surface area contributed by atoms with Gasteiger partial charge < -0.3 is 4.42 Å². The molecule has 24 heavy (non-hydrogen) atoms. The van der Waals surface area contributed by atoms with Crippen molar-refractivity contribution in [2.45, 2.75) is 11.7 Å². The second kappa shape index (κ2) is 6.32. The van der Waals surface area contributed by atoms with Crippen molar-refractivity contribution < 1.29 is 4.42 Å². The molecule has 0 bridgehead atoms. The molecule has 0 unspecified atom stereocenters. The minimum atomic E-state index is -0.348. The number of rotatable bonds is 5. The third kappa shape index (κ3) is 2.71. The molecule has 2 heterocycles. The topological polar surface area (TPSA) is 78.7 Å². The Bertz CT molecular complexity index is 1020. The van der Waals surface area contributed by atoms with Gasteiger partial charge in [0, 0.05) is 12.3 Å². The van der Waals surface area contributed by atoms with Crippen molar-refractivity contribution in [2.24, 2.45) is 0 Å². The minimum Gasteiger partial charge on any atom is -0.408 e. The van der Waals surface area contributed by atoms with E-state index < -0.39 is 0 Å². The van der Waals surface area contributed by atoms with Gasteiger partial charge in [-0.1, -0.05) is 42.1 Å². The zero-order valence-corrected chi connectivity index (χ0v) is 13.4. The molecular formula is C16H13N5O2S. The number of fused-ring (bicyclic) bond motifs is 1. The molecule has 2 aromatic heterocycles. The molecule has 0 aliphatic rings. The monoisotopic (exact) mass is 339 g/mol. The van der Waals surface area contributed by atoms with Crippen molar-refractivity contribution >= 4 is 22.9 Å². The second-order valence-corrected chi connectivity index (χ2v) is 6.11. The number of aromatic nitrogens is 5. The molecule has 0 N–H and O–H groups in total. The summed E-state index contributed by atoms with van der Waals surface area (Å²) in [5, 5.41) is 12.5. The maximum atomic E-state index is 12.0. The van der Waals surface area contributed by atoms with E-state index in [2.05, 4.69) is 15.5 Å². The Hall–Kier alpha value is -2.87. The summed E-state index contributed by atoms with van der Waals surface area (Å²) in [5.41, 5.74) is 2.29. The van der Waals surface area contributed by atoms with E-state index in [1.807, 2.05) is 48.5 Å². The first-order valence-electron chi connectivity index (χ1n) is 7.38. The molecule has 0 amide bonds. The molecule has 4 rings (SSSR count). The van der Waals surface area contributed by atoms with Gasteiger partial charge >= 0.3 is 5.76 Å². The zero-order chi connectivity index (χ0) is 16.4. The summed E-state index contributed by atoms with van der Waals surface area (Å²) in [6.07, 6.45) is 0. The van der Waals surface area contributed by atoms with Gasteiger partial charge in [-0.25, -0.2) is 4.79 Å². The highest BCUT2D eigenvalue weighted by Gasteiger charge is 2.11. The van der Waals surface area contributed by atoms with Crippen LogP contribution in [0.2, 0.25) is 0 Å². The van der Waals surface area contributed by atoms with Gasteiger partial charge in [0.2, 0.25) is 5.16 Å². The summed E-state index contributed by atoms with van der Waals surface area (Å²) < 4.78 is 8.54. The van der Waals surface area contributed by atoms with E-state index >= 15 is 0 Å². The van der Waals surface area contributed by atoms with Crippen LogP contribution in [0.15, 0.2) is 69.0 Å². The average molecular weight is 339 g/mol. The SMILES string of the molecule is O=c1oc2ccccc2n1CCSc1nnnn1-c1ccccc1. The van der Waals surface area contributed by atoms with Gasteiger partial charge in [-0.3, -0.25) is 4.57 Å². The summed E-state index contributed by atoms with van der Waals surface area (Å²) in [5.74, 6) is 0.302. The first-order valence-corrected chi connectivity index (χ1v) is 8.36. The van der Waals surface area contributed by atoms with Crippen LogP contribution in [0.3, 0.4) is 0 Å². The lowest BCUT2D eigenvalue weighted by Crippen LogP contribution is -2.15. The largest absolute Gasteiger partial charge is 0.419 e. The Balaban J connectivity index is 1.52. The minimum absolute atomic E-state index is 0.348. The molecule has 0 aliphatic carbocycles. The van der Waals surface area contributed by atoms with Gasteiger partial charge in [0.1, 0.15) is 0 Å². The Labute approximate surface area is 140 Å². The van der Waals surface area contributed by atoms with Gasteiger partial charge in [-0.15, -0.1) is 5.10 Å². The molecule has 2 aromatic carbocycles. The van der Waals surface area contributed by atoms with Crippen LogP contribution in [-0.4, -0.2) is 30.5 Å². The summed E-state index contributed by atoms with van der Waals surface area (Å²) in [6, 6.07) is 17.1. The van der Waals surface area contributed by atoms with Gasteiger partial charge in [-0.2, -0.15) is 4.68 Å². The van der Waals surface area contributed by atoms with Crippen LogP contribution in [-0.2, 0) is 6.54 Å². The number of nitrogens with zero attached hydrogens (tertiary/aromatic N) is 5. The molecule has 0 radical (unpaired) electrons. The van der Waals surface area contributed by atoms with Crippen LogP contribution in [0.1, 0.15) is 0 Å². The average Bonchev–Trinajstić information content (AvgIpc) is 3.20. The summed E-state index contributed by atoms with van der Waals surface area (Å²) in [7, 11) is 0. The Kier molecular flexibility index (Phi) is 3.87. The van der Waals surface area contributed by atoms with Gasteiger partial charge in [0.25, 0.3) is 0 Å². The molecule has 0 saturated carbocycles. The van der Waals surface area contributed by atoms with Crippen molar-refractivity contribution in [3.05, 3.63) is 65.1 Å². The van der Waals surface area contributed by atoms with Crippen molar-refractivity contribution in [1.29, 1.82) is 0 Å². The van der Waals surface area contributed by atoms with Crippen LogP contribution < -0.4 is 5.76 Å². The smallest absolute Gasteiger partial charge is 0.408 e. The number of thioether (sulfide) groups is 1. The number of hydrogen-bond donors (Lipinski definition) is 0. The molecule has 0 spiro atoms. The van der Waals surface area contributed by atoms with Crippen LogP contribution in [0.5, 0.6) is 0 Å². The molecule has 0 saturated heterocycles. The Morgan fingerprint density at radius 3 is 2.71 bits per heavy atom. The van der Waals surface area contributed by atoms with Crippen LogP contribution in [0.25, 0.3) is 16.8 Å². The van der Waals surface area contributed by atoms with Gasteiger partial charge in [0.05, 0.1) is 11.2 Å². The number of hydrogen-bond acceptors (Lipinski definition) is 6. The zero-order valence-electron chi connectivity index (χ0n) is 12.6. The maximum Gasteiger partial charge on any atom is 0.419 e. The van der Waals surface area contributed by atoms with Crippen molar-refractivity contribution in [3.63, 3.8) is 0 Å². The highest BCUT2D eigenvalue weighted by Crippen LogP contribution is 2.19. The summed E-state index contributed by atoms with van der Waals surface area (Å²) >= 11 is 1.49. The first kappa shape index (κ1) is 14.7. The fraction of sp³-hybridized carbons (Fsp3) is 0.125. The molecule has 4 aromatic rings. The standard InChI is InChI=1S/C16H13N5O2S/c22-16-20(13-8-4-5-9-14(13)23-16)10-11-24-15-17-18-19-21(15)12-6-2-1-3-7-12/h1-9H,10-11H2. The molecule has 0 aliphatic heterocycles. The summed E-state index contributed by atoms with van der Waals surface area (Å²) in [4.78, 5) is 12.0. The van der Waals surface area contributed by atoms with Crippen molar-refractivity contribution in [2.75, 3.05) is 5.75 Å². The normalized spacial score (nSPS) is 11.2. The van der Waals surface area contributed by atoms with Gasteiger partial charge in [0.15, 0.2) is 5.58 Å². The van der Waals surface area contributed by atoms with Crippen molar-refractivity contribution in [1.82, 2.24) is 24.8 Å². The lowest BCUT2D eigenvalue weighted by atomic mass is 10.3. The van der Waals surface area contributed by atoms with E-state index in [9.17, 15) is 4.79 Å². The molecule has 7 nitrogen and oxygen atoms in total. The highest BCUT2D eigenvalue weighted by atomic mass is 32.2. The van der Waals surface area contributed by atoms with E-state index in [-0.39, 0.29) is 5.76 Å². The second-order valence-electron chi connectivity index (χ2n) is 5.04. The van der Waals surface area contributed by atoms with Crippen LogP contribution in [0.4, 0.5) is 0 Å². The fourth-order valence-corrected chi connectivity index (χ4v) is 3.27. The lowest BCUT2D eigenvalue weighted by Gasteiger charge is -2.04. The number of oxazole rings is 1. The third-order valence-corrected chi connectivity index (χ3v) is 4.46. The Morgan fingerprint density at radius 1 is 1.04 bits per heavy atom. The highest BCUT2D eigenvalue weighted by molar-refractivity contribution is 7.99. The van der Waals surface area contributed by atoms with Crippen molar-refractivity contribution in [3.8, 4) is 5.69 Å². The Morgan fingerprint density at radius 2 is 1.83 bits per heavy atom. The van der Waals surface area contributed by atoms with E-state index in [0.29, 0.717) is 23.0 Å². The quantitative estimate of drug-likeness (QED) is 0.519. The summed E-state index contributed by atoms with van der Waals surface area (Å²) in [6.45, 7) is 0.516. The molecule has 120 valence electrons. The number of benzene rings is 2. The van der Waals surface area contributed by atoms with E-state index in [1.54, 1.807) is 15.3 Å². The third-order valence-electron chi connectivity index (χ3n) is 3.56. The van der Waals surface area contributed by atoms with Crippen LogP contribution >= 0.6 is 11.8 Å². The van der Waals surface area contributed by atoms with E-state index in [4.69, 9.17) is 4.42 Å². The van der Waals surface area contributed by atoms with Gasteiger partial charge in [-0.05, 0) is 34.7 Å². The maximum absolute atomic E-state index is 12.0. The lowest BCUT2D eigenvalue weighted by molar-refractivity contribution is 0.514. The molecule has 0 atom stereocenters. The molecule has 8 heteroatoms. The predicted molar refractivity (Wildman–Crippen MR) is 90.4 cm³/mol. The predicted octanol–water partition coefficient (Wildman–Crippen LogP) is 2.36. The number of aryl methyl sites for hydroxylation is 1. The number of para-hydroxylation sites is 3. The fourth-order valence-electron chi connectivity index (χ4n) is 2.45. The van der Waals surface area contributed by atoms with E-state index in [1.165, 1.54) is 11.8 Å². The first-order chi connectivity index (χ1) is 11.8. The number of tetrazole rings is 1. The molecular weight excluding hydrogens is 326 g/mol. The van der Waals surface area contributed by atoms with Crippen LogP contribution in [0, 0.1) is 0 Å².